The van der Waals surface area contributed by atoms with E-state index in [1.807, 2.05) is 78.9 Å². The van der Waals surface area contributed by atoms with Gasteiger partial charge in [0.2, 0.25) is 0 Å². The lowest BCUT2D eigenvalue weighted by Gasteiger charge is -2.14. The van der Waals surface area contributed by atoms with Gasteiger partial charge in [0.05, 0.1) is 0 Å². The maximum absolute atomic E-state index is 11.2. The predicted octanol–water partition coefficient (Wildman–Crippen LogP) is 8.05. The van der Waals surface area contributed by atoms with Gasteiger partial charge in [0, 0.05) is 22.1 Å². The molecule has 1 N–H and O–H groups in total. The molecule has 0 bridgehead atoms. The van der Waals surface area contributed by atoms with E-state index in [4.69, 9.17) is 14.3 Å². The predicted molar refractivity (Wildman–Crippen MR) is 143 cm³/mol. The molecule has 5 aromatic carbocycles. The highest BCUT2D eigenvalue weighted by molar-refractivity contribution is 6.05. The summed E-state index contributed by atoms with van der Waals surface area (Å²) < 4.78 is 12.1. The maximum atomic E-state index is 11.2. The lowest BCUT2D eigenvalue weighted by Crippen LogP contribution is -2.10. The minimum Gasteiger partial charge on any atom is -0.481 e. The van der Waals surface area contributed by atoms with E-state index in [1.54, 1.807) is 0 Å². The summed E-state index contributed by atoms with van der Waals surface area (Å²) >= 11 is 0. The van der Waals surface area contributed by atoms with E-state index in [9.17, 15) is 4.79 Å². The second-order valence-electron chi connectivity index (χ2n) is 8.59. The zero-order chi connectivity index (χ0) is 24.5. The van der Waals surface area contributed by atoms with Crippen molar-refractivity contribution in [2.75, 3.05) is 6.61 Å². The quantitative estimate of drug-likeness (QED) is 0.267. The second-order valence-corrected chi connectivity index (χ2v) is 8.59. The number of carboxylic acid groups (broad SMARTS) is 1. The van der Waals surface area contributed by atoms with Crippen LogP contribution in [-0.2, 0) is 4.79 Å². The smallest absolute Gasteiger partial charge is 0.341 e. The van der Waals surface area contributed by atoms with Crippen LogP contribution in [0.3, 0.4) is 0 Å². The Bertz CT molecular complexity index is 1700. The van der Waals surface area contributed by atoms with Crippen LogP contribution in [0, 0.1) is 0 Å². The molecule has 36 heavy (non-hydrogen) atoms. The van der Waals surface area contributed by atoms with Crippen LogP contribution in [0.15, 0.2) is 120 Å². The third kappa shape index (κ3) is 3.89. The SMILES string of the molecule is O=C(O)COc1ccc2cc(-c3oc4ccccc4c3-c3ccccc3)ccc2c1-c1ccccc1. The van der Waals surface area contributed by atoms with Gasteiger partial charge in [0.15, 0.2) is 6.61 Å². The van der Waals surface area contributed by atoms with Gasteiger partial charge in [-0.15, -0.1) is 0 Å². The van der Waals surface area contributed by atoms with Gasteiger partial charge >= 0.3 is 5.97 Å². The van der Waals surface area contributed by atoms with Gasteiger partial charge < -0.3 is 14.3 Å². The number of aliphatic carboxylic acids is 1. The van der Waals surface area contributed by atoms with E-state index in [1.165, 1.54) is 0 Å². The molecule has 0 radical (unpaired) electrons. The van der Waals surface area contributed by atoms with Gasteiger partial charge in [-0.05, 0) is 40.1 Å². The fourth-order valence-electron chi connectivity index (χ4n) is 4.75. The summed E-state index contributed by atoms with van der Waals surface area (Å²) in [6.45, 7) is -0.400. The number of hydrogen-bond acceptors (Lipinski definition) is 3. The molecule has 0 aliphatic rings. The van der Waals surface area contributed by atoms with Crippen molar-refractivity contribution in [2.45, 2.75) is 0 Å². The molecule has 1 aromatic heterocycles. The largest absolute Gasteiger partial charge is 0.481 e. The number of furan rings is 1. The minimum absolute atomic E-state index is 0.400. The van der Waals surface area contributed by atoms with E-state index in [0.717, 1.165) is 55.3 Å². The van der Waals surface area contributed by atoms with E-state index < -0.39 is 12.6 Å². The number of benzene rings is 5. The van der Waals surface area contributed by atoms with Crippen molar-refractivity contribution in [3.05, 3.63) is 115 Å². The highest BCUT2D eigenvalue weighted by Gasteiger charge is 2.19. The summed E-state index contributed by atoms with van der Waals surface area (Å²) in [5.74, 6) is 0.345. The Morgan fingerprint density at radius 2 is 1.33 bits per heavy atom. The first-order valence-corrected chi connectivity index (χ1v) is 11.7. The Balaban J connectivity index is 1.56. The molecule has 0 fully saturated rings. The summed E-state index contributed by atoms with van der Waals surface area (Å²) in [6, 6.07) is 38.3. The molecule has 174 valence electrons. The van der Waals surface area contributed by atoms with Crippen LogP contribution in [0.25, 0.3) is 55.3 Å². The van der Waals surface area contributed by atoms with Gasteiger partial charge in [-0.2, -0.15) is 0 Å². The second kappa shape index (κ2) is 9.08. The topological polar surface area (TPSA) is 59.7 Å². The average Bonchev–Trinajstić information content (AvgIpc) is 3.32. The van der Waals surface area contributed by atoms with Gasteiger partial charge in [0.25, 0.3) is 0 Å². The molecule has 0 aliphatic heterocycles. The zero-order valence-electron chi connectivity index (χ0n) is 19.3. The molecule has 0 saturated carbocycles. The molecule has 4 nitrogen and oxygen atoms in total. The lowest BCUT2D eigenvalue weighted by atomic mass is 9.93. The third-order valence-electron chi connectivity index (χ3n) is 6.32. The molecular weight excluding hydrogens is 448 g/mol. The van der Waals surface area contributed by atoms with Gasteiger partial charge in [-0.1, -0.05) is 97.1 Å². The minimum atomic E-state index is -1.01. The number of carbonyl (C=O) groups is 1. The fourth-order valence-corrected chi connectivity index (χ4v) is 4.75. The number of ether oxygens (including phenoxy) is 1. The molecule has 0 saturated heterocycles. The molecule has 0 unspecified atom stereocenters. The molecule has 6 rings (SSSR count). The first-order chi connectivity index (χ1) is 17.7. The average molecular weight is 471 g/mol. The molecule has 6 aromatic rings. The van der Waals surface area contributed by atoms with Crippen LogP contribution < -0.4 is 4.74 Å². The van der Waals surface area contributed by atoms with E-state index in [-0.39, 0.29) is 0 Å². The molecule has 0 aliphatic carbocycles. The van der Waals surface area contributed by atoms with Crippen molar-refractivity contribution < 1.29 is 19.1 Å². The fraction of sp³-hybridized carbons (Fsp3) is 0.0312. The van der Waals surface area contributed by atoms with Gasteiger partial charge in [0.1, 0.15) is 17.1 Å². The first-order valence-electron chi connectivity index (χ1n) is 11.7. The number of carboxylic acids is 1. The molecule has 4 heteroatoms. The van der Waals surface area contributed by atoms with Crippen molar-refractivity contribution in [1.82, 2.24) is 0 Å². The molecule has 0 amide bonds. The van der Waals surface area contributed by atoms with E-state index in [0.29, 0.717) is 5.75 Å². The van der Waals surface area contributed by atoms with Crippen molar-refractivity contribution in [2.24, 2.45) is 0 Å². The Labute approximate surface area is 208 Å². The van der Waals surface area contributed by atoms with Crippen molar-refractivity contribution in [3.8, 4) is 39.3 Å². The Hall–Kier alpha value is -4.83. The maximum Gasteiger partial charge on any atom is 0.341 e. The standard InChI is InChI=1S/C32H22O4/c33-29(34)20-35-28-18-16-23-19-24(15-17-25(23)30(28)21-9-3-1-4-10-21)32-31(22-11-5-2-6-12-22)26-13-7-8-14-27(26)36-32/h1-19H,20H2,(H,33,34). The van der Waals surface area contributed by atoms with Crippen LogP contribution in [-0.4, -0.2) is 17.7 Å². The first kappa shape index (κ1) is 21.7. The number of hydrogen-bond donors (Lipinski definition) is 1. The van der Waals surface area contributed by atoms with Crippen molar-refractivity contribution in [3.63, 3.8) is 0 Å². The van der Waals surface area contributed by atoms with Crippen LogP contribution in [0.5, 0.6) is 5.75 Å². The Morgan fingerprint density at radius 1 is 0.667 bits per heavy atom. The van der Waals surface area contributed by atoms with E-state index in [2.05, 4.69) is 36.4 Å². The summed E-state index contributed by atoms with van der Waals surface area (Å²) in [5, 5.41) is 12.2. The summed E-state index contributed by atoms with van der Waals surface area (Å²) in [6.07, 6.45) is 0. The highest BCUT2D eigenvalue weighted by atomic mass is 16.5. The van der Waals surface area contributed by atoms with Crippen molar-refractivity contribution in [1.29, 1.82) is 0 Å². The van der Waals surface area contributed by atoms with Crippen LogP contribution >= 0.6 is 0 Å². The Morgan fingerprint density at radius 3 is 2.06 bits per heavy atom. The lowest BCUT2D eigenvalue weighted by molar-refractivity contribution is -0.139. The summed E-state index contributed by atoms with van der Waals surface area (Å²) in [4.78, 5) is 11.2. The highest BCUT2D eigenvalue weighted by Crippen LogP contribution is 2.43. The number of rotatable bonds is 6. The summed E-state index contributed by atoms with van der Waals surface area (Å²) in [7, 11) is 0. The van der Waals surface area contributed by atoms with Gasteiger partial charge in [-0.25, -0.2) is 4.79 Å². The molecule has 0 spiro atoms. The van der Waals surface area contributed by atoms with Crippen molar-refractivity contribution >= 4 is 27.7 Å². The van der Waals surface area contributed by atoms with Crippen LogP contribution in [0.4, 0.5) is 0 Å². The Kier molecular flexibility index (Phi) is 5.47. The molecule has 1 heterocycles. The molecular formula is C32H22O4. The molecule has 0 atom stereocenters. The van der Waals surface area contributed by atoms with Crippen LogP contribution in [0.2, 0.25) is 0 Å². The van der Waals surface area contributed by atoms with Crippen LogP contribution in [0.1, 0.15) is 0 Å². The van der Waals surface area contributed by atoms with Gasteiger partial charge in [-0.3, -0.25) is 0 Å². The van der Waals surface area contributed by atoms with E-state index >= 15 is 0 Å². The number of para-hydroxylation sites is 1. The third-order valence-corrected chi connectivity index (χ3v) is 6.32. The zero-order valence-corrected chi connectivity index (χ0v) is 19.3. The summed E-state index contributed by atoms with van der Waals surface area (Å²) in [5.41, 5.74) is 5.80. The number of fused-ring (bicyclic) bond motifs is 2. The monoisotopic (exact) mass is 470 g/mol. The normalized spacial score (nSPS) is 11.1.